The molecule has 2 rings (SSSR count). The van der Waals surface area contributed by atoms with Gasteiger partial charge in [0.15, 0.2) is 5.11 Å². The van der Waals surface area contributed by atoms with Crippen LogP contribution in [0.5, 0.6) is 5.75 Å². The molecule has 0 aliphatic carbocycles. The average Bonchev–Trinajstić information content (AvgIpc) is 2.61. The minimum Gasteiger partial charge on any atom is -0.490 e. The van der Waals surface area contributed by atoms with Crippen molar-refractivity contribution < 1.29 is 4.74 Å². The summed E-state index contributed by atoms with van der Waals surface area (Å²) < 4.78 is 5.49. The van der Waals surface area contributed by atoms with Crippen molar-refractivity contribution in [1.82, 2.24) is 5.32 Å². The lowest BCUT2D eigenvalue weighted by Crippen LogP contribution is -2.33. The second kappa shape index (κ2) is 9.84. The van der Waals surface area contributed by atoms with E-state index in [0.717, 1.165) is 17.9 Å². The van der Waals surface area contributed by atoms with Crippen LogP contribution in [0.3, 0.4) is 0 Å². The summed E-state index contributed by atoms with van der Waals surface area (Å²) in [6.45, 7) is 8.58. The van der Waals surface area contributed by atoms with Crippen molar-refractivity contribution in [3.8, 4) is 5.75 Å². The van der Waals surface area contributed by atoms with Crippen molar-refractivity contribution >= 4 is 23.0 Å². The molecule has 4 heteroatoms. The molecule has 0 aliphatic heterocycles. The van der Waals surface area contributed by atoms with Crippen molar-refractivity contribution in [2.45, 2.75) is 26.3 Å². The molecular weight excluding hydrogens is 328 g/mol. The molecule has 0 fully saturated rings. The normalized spacial score (nSPS) is 11.6. The van der Waals surface area contributed by atoms with Gasteiger partial charge in [0, 0.05) is 5.69 Å². The molecule has 132 valence electrons. The summed E-state index contributed by atoms with van der Waals surface area (Å²) in [4.78, 5) is 0. The second-order valence-corrected chi connectivity index (χ2v) is 6.72. The number of benzene rings is 2. The average molecular weight is 355 g/mol. The summed E-state index contributed by atoms with van der Waals surface area (Å²) in [5.41, 5.74) is 2.17. The molecule has 0 bridgehead atoms. The second-order valence-electron chi connectivity index (χ2n) is 6.32. The summed E-state index contributed by atoms with van der Waals surface area (Å²) in [6.07, 6.45) is 2.74. The molecule has 25 heavy (non-hydrogen) atoms. The Morgan fingerprint density at radius 3 is 2.40 bits per heavy atom. The monoisotopic (exact) mass is 354 g/mol. The predicted molar refractivity (Wildman–Crippen MR) is 110 cm³/mol. The Hall–Kier alpha value is -2.33. The zero-order valence-corrected chi connectivity index (χ0v) is 15.7. The molecule has 2 aromatic carbocycles. The molecule has 2 aromatic rings. The van der Waals surface area contributed by atoms with Crippen LogP contribution < -0.4 is 15.4 Å². The van der Waals surface area contributed by atoms with E-state index in [1.54, 1.807) is 6.08 Å². The first-order chi connectivity index (χ1) is 12.1. The molecule has 0 radical (unpaired) electrons. The van der Waals surface area contributed by atoms with E-state index in [-0.39, 0.29) is 6.04 Å². The molecule has 0 spiro atoms. The molecular formula is C21H26N2OS. The van der Waals surface area contributed by atoms with Gasteiger partial charge in [-0.15, -0.1) is 0 Å². The lowest BCUT2D eigenvalue weighted by Gasteiger charge is -2.23. The largest absolute Gasteiger partial charge is 0.490 e. The standard InChI is InChI=1S/C21H26N2OS/c1-4-14-24-19-12-10-18(11-13-19)22-21(25)23-20(15-16(2)3)17-8-6-5-7-9-17/h4-13,16,20H,1,14-15H2,2-3H3,(H2,22,23,25). The number of hydrogen-bond donors (Lipinski definition) is 2. The topological polar surface area (TPSA) is 33.3 Å². The van der Waals surface area contributed by atoms with Crippen molar-refractivity contribution in [3.63, 3.8) is 0 Å². The first-order valence-electron chi connectivity index (χ1n) is 8.54. The van der Waals surface area contributed by atoms with Crippen LogP contribution in [0.2, 0.25) is 0 Å². The maximum absolute atomic E-state index is 5.50. The van der Waals surface area contributed by atoms with E-state index in [2.05, 4.69) is 55.3 Å². The fraction of sp³-hybridized carbons (Fsp3) is 0.286. The van der Waals surface area contributed by atoms with E-state index in [1.807, 2.05) is 30.3 Å². The summed E-state index contributed by atoms with van der Waals surface area (Å²) in [7, 11) is 0. The minimum absolute atomic E-state index is 0.191. The Labute approximate surface area is 156 Å². The third kappa shape index (κ3) is 6.59. The lowest BCUT2D eigenvalue weighted by molar-refractivity contribution is 0.363. The van der Waals surface area contributed by atoms with Crippen molar-refractivity contribution in [3.05, 3.63) is 72.8 Å². The van der Waals surface area contributed by atoms with Crippen LogP contribution in [0.25, 0.3) is 0 Å². The Bertz CT molecular complexity index is 668. The SMILES string of the molecule is C=CCOc1ccc(NC(=S)NC(CC(C)C)c2ccccc2)cc1. The number of hydrogen-bond acceptors (Lipinski definition) is 2. The van der Waals surface area contributed by atoms with Crippen LogP contribution in [0.15, 0.2) is 67.3 Å². The molecule has 3 nitrogen and oxygen atoms in total. The Balaban J connectivity index is 1.97. The van der Waals surface area contributed by atoms with Gasteiger partial charge in [-0.05, 0) is 54.4 Å². The molecule has 2 N–H and O–H groups in total. The van der Waals surface area contributed by atoms with Gasteiger partial charge in [0.1, 0.15) is 12.4 Å². The van der Waals surface area contributed by atoms with Crippen molar-refractivity contribution in [2.24, 2.45) is 5.92 Å². The van der Waals surface area contributed by atoms with Crippen LogP contribution in [-0.4, -0.2) is 11.7 Å². The van der Waals surface area contributed by atoms with Gasteiger partial charge in [0.25, 0.3) is 0 Å². The number of thiocarbonyl (C=S) groups is 1. The summed E-state index contributed by atoms with van der Waals surface area (Å²) in [5, 5.41) is 7.30. The molecule has 0 saturated carbocycles. The Morgan fingerprint density at radius 1 is 1.12 bits per heavy atom. The number of ether oxygens (including phenoxy) is 1. The summed E-state index contributed by atoms with van der Waals surface area (Å²) in [5.74, 6) is 1.38. The van der Waals surface area contributed by atoms with Crippen molar-refractivity contribution in [1.29, 1.82) is 0 Å². The van der Waals surface area contributed by atoms with Gasteiger partial charge < -0.3 is 15.4 Å². The Morgan fingerprint density at radius 2 is 1.80 bits per heavy atom. The quantitative estimate of drug-likeness (QED) is 0.496. The summed E-state index contributed by atoms with van der Waals surface area (Å²) >= 11 is 5.50. The van der Waals surface area contributed by atoms with E-state index in [0.29, 0.717) is 17.6 Å². The van der Waals surface area contributed by atoms with Crippen LogP contribution >= 0.6 is 12.2 Å². The zero-order valence-electron chi connectivity index (χ0n) is 14.9. The first-order valence-corrected chi connectivity index (χ1v) is 8.95. The number of nitrogens with one attached hydrogen (secondary N) is 2. The van der Waals surface area contributed by atoms with Crippen LogP contribution in [-0.2, 0) is 0 Å². The zero-order chi connectivity index (χ0) is 18.1. The molecule has 0 aromatic heterocycles. The third-order valence-corrected chi connectivity index (χ3v) is 3.91. The minimum atomic E-state index is 0.191. The maximum atomic E-state index is 5.50. The number of rotatable bonds is 8. The van der Waals surface area contributed by atoms with E-state index in [1.165, 1.54) is 5.56 Å². The van der Waals surface area contributed by atoms with Crippen LogP contribution in [0, 0.1) is 5.92 Å². The highest BCUT2D eigenvalue weighted by Gasteiger charge is 2.14. The van der Waals surface area contributed by atoms with E-state index in [4.69, 9.17) is 17.0 Å². The molecule has 0 heterocycles. The highest BCUT2D eigenvalue weighted by molar-refractivity contribution is 7.80. The summed E-state index contributed by atoms with van der Waals surface area (Å²) in [6, 6.07) is 18.3. The third-order valence-electron chi connectivity index (χ3n) is 3.69. The molecule has 0 aliphatic rings. The molecule has 0 amide bonds. The van der Waals surface area contributed by atoms with Crippen LogP contribution in [0.1, 0.15) is 31.9 Å². The van der Waals surface area contributed by atoms with Gasteiger partial charge in [-0.25, -0.2) is 0 Å². The van der Waals surface area contributed by atoms with Gasteiger partial charge in [-0.2, -0.15) is 0 Å². The molecule has 1 atom stereocenters. The Kier molecular flexibility index (Phi) is 7.48. The smallest absolute Gasteiger partial charge is 0.171 e. The first kappa shape index (κ1) is 19.0. The van der Waals surface area contributed by atoms with E-state index < -0.39 is 0 Å². The predicted octanol–water partition coefficient (Wildman–Crippen LogP) is 5.33. The van der Waals surface area contributed by atoms with E-state index in [9.17, 15) is 0 Å². The maximum Gasteiger partial charge on any atom is 0.171 e. The fourth-order valence-electron chi connectivity index (χ4n) is 2.55. The fourth-order valence-corrected chi connectivity index (χ4v) is 2.81. The van der Waals surface area contributed by atoms with Gasteiger partial charge in [0.05, 0.1) is 6.04 Å². The van der Waals surface area contributed by atoms with Gasteiger partial charge >= 0.3 is 0 Å². The van der Waals surface area contributed by atoms with Crippen molar-refractivity contribution in [2.75, 3.05) is 11.9 Å². The lowest BCUT2D eigenvalue weighted by atomic mass is 9.97. The molecule has 0 saturated heterocycles. The van der Waals surface area contributed by atoms with Gasteiger partial charge in [-0.3, -0.25) is 0 Å². The molecule has 1 unspecified atom stereocenters. The number of anilines is 1. The van der Waals surface area contributed by atoms with Crippen LogP contribution in [0.4, 0.5) is 5.69 Å². The van der Waals surface area contributed by atoms with Gasteiger partial charge in [-0.1, -0.05) is 56.8 Å². The highest BCUT2D eigenvalue weighted by atomic mass is 32.1. The van der Waals surface area contributed by atoms with Gasteiger partial charge in [0.2, 0.25) is 0 Å². The van der Waals surface area contributed by atoms with E-state index >= 15 is 0 Å². The highest BCUT2D eigenvalue weighted by Crippen LogP contribution is 2.22.